The van der Waals surface area contributed by atoms with Crippen molar-refractivity contribution in [1.82, 2.24) is 0 Å². The lowest BCUT2D eigenvalue weighted by molar-refractivity contribution is -0.131. The number of hydrogen-bond donors (Lipinski definition) is 2. The highest BCUT2D eigenvalue weighted by Crippen LogP contribution is 2.22. The summed E-state index contributed by atoms with van der Waals surface area (Å²) in [5, 5.41) is 13.9. The van der Waals surface area contributed by atoms with Gasteiger partial charge < -0.3 is 10.4 Å². The van der Waals surface area contributed by atoms with Crippen LogP contribution >= 0.6 is 15.9 Å². The van der Waals surface area contributed by atoms with E-state index in [2.05, 4.69) is 27.3 Å². The van der Waals surface area contributed by atoms with Gasteiger partial charge in [-0.2, -0.15) is 0 Å². The maximum atomic E-state index is 10.3. The van der Waals surface area contributed by atoms with Gasteiger partial charge in [0.15, 0.2) is 0 Å². The fourth-order valence-electron chi connectivity index (χ4n) is 1.66. The molecule has 2 aromatic rings. The van der Waals surface area contributed by atoms with Crippen LogP contribution in [-0.2, 0) is 4.79 Å². The Morgan fingerprint density at radius 3 is 2.72 bits per heavy atom. The summed E-state index contributed by atoms with van der Waals surface area (Å²) in [4.78, 5) is 10.3. The van der Waals surface area contributed by atoms with Gasteiger partial charge in [0.25, 0.3) is 0 Å². The van der Waals surface area contributed by atoms with Crippen LogP contribution in [-0.4, -0.2) is 17.6 Å². The van der Waals surface area contributed by atoms with Gasteiger partial charge in [0.05, 0.1) is 0 Å². The van der Waals surface area contributed by atoms with Crippen molar-refractivity contribution >= 4 is 38.4 Å². The zero-order chi connectivity index (χ0) is 13.0. The van der Waals surface area contributed by atoms with Crippen LogP contribution < -0.4 is 5.32 Å². The van der Waals surface area contributed by atoms with E-state index in [1.807, 2.05) is 30.3 Å². The number of carboxylic acid groups (broad SMARTS) is 1. The summed E-state index contributed by atoms with van der Waals surface area (Å²) in [7, 11) is 0. The number of rotatable bonds is 4. The molecule has 18 heavy (non-hydrogen) atoms. The minimum absolute atomic E-state index is 0.494. The van der Waals surface area contributed by atoms with E-state index in [0.29, 0.717) is 6.54 Å². The van der Waals surface area contributed by atoms with Crippen molar-refractivity contribution in [3.05, 3.63) is 53.0 Å². The third-order valence-corrected chi connectivity index (χ3v) is 2.98. The first-order valence-corrected chi connectivity index (χ1v) is 6.27. The van der Waals surface area contributed by atoms with Crippen molar-refractivity contribution in [2.75, 3.05) is 11.9 Å². The van der Waals surface area contributed by atoms with Crippen LogP contribution in [0.15, 0.2) is 53.0 Å². The van der Waals surface area contributed by atoms with Crippen LogP contribution in [0.2, 0.25) is 0 Å². The Balaban J connectivity index is 2.10. The number of benzene rings is 2. The van der Waals surface area contributed by atoms with Gasteiger partial charge in [-0.1, -0.05) is 34.1 Å². The monoisotopic (exact) mass is 305 g/mol. The molecule has 0 saturated carbocycles. The minimum Gasteiger partial charge on any atom is -0.478 e. The maximum absolute atomic E-state index is 10.3. The standard InChI is InChI=1S/C14H12BrNO2/c15-12-5-3-11-9-13(6-4-10(11)8-12)16-7-1-2-14(17)18/h1-6,8-9,16H,7H2,(H,17,18)/b2-1+. The fraction of sp³-hybridized carbons (Fsp3) is 0.0714. The predicted molar refractivity (Wildman–Crippen MR) is 76.9 cm³/mol. The van der Waals surface area contributed by atoms with E-state index in [4.69, 9.17) is 5.11 Å². The second-order valence-corrected chi connectivity index (χ2v) is 4.74. The number of nitrogens with one attached hydrogen (secondary N) is 1. The number of carbonyl (C=O) groups is 1. The van der Waals surface area contributed by atoms with Crippen LogP contribution in [0.25, 0.3) is 10.8 Å². The highest BCUT2D eigenvalue weighted by Gasteiger charge is 1.96. The van der Waals surface area contributed by atoms with Gasteiger partial charge >= 0.3 is 5.97 Å². The Morgan fingerprint density at radius 1 is 1.22 bits per heavy atom. The molecule has 0 atom stereocenters. The van der Waals surface area contributed by atoms with Gasteiger partial charge in [-0.25, -0.2) is 4.79 Å². The Morgan fingerprint density at radius 2 is 1.94 bits per heavy atom. The molecule has 3 nitrogen and oxygen atoms in total. The maximum Gasteiger partial charge on any atom is 0.328 e. The molecule has 0 heterocycles. The molecule has 0 spiro atoms. The van der Waals surface area contributed by atoms with E-state index in [1.54, 1.807) is 6.08 Å². The predicted octanol–water partition coefficient (Wildman–Crippen LogP) is 3.66. The zero-order valence-electron chi connectivity index (χ0n) is 9.56. The Labute approximate surface area is 113 Å². The highest BCUT2D eigenvalue weighted by molar-refractivity contribution is 9.10. The van der Waals surface area contributed by atoms with Crippen molar-refractivity contribution in [1.29, 1.82) is 0 Å². The van der Waals surface area contributed by atoms with E-state index in [9.17, 15) is 4.79 Å². The molecule has 0 aliphatic rings. The lowest BCUT2D eigenvalue weighted by Crippen LogP contribution is -1.99. The molecular weight excluding hydrogens is 294 g/mol. The van der Waals surface area contributed by atoms with Crippen molar-refractivity contribution in [2.45, 2.75) is 0 Å². The average Bonchev–Trinajstić information content (AvgIpc) is 2.34. The summed E-state index contributed by atoms with van der Waals surface area (Å²) in [5.74, 6) is -0.930. The minimum atomic E-state index is -0.930. The van der Waals surface area contributed by atoms with Gasteiger partial charge in [-0.05, 0) is 35.0 Å². The largest absolute Gasteiger partial charge is 0.478 e. The van der Waals surface area contributed by atoms with Gasteiger partial charge in [0.1, 0.15) is 0 Å². The molecule has 0 aliphatic carbocycles. The lowest BCUT2D eigenvalue weighted by Gasteiger charge is -2.05. The first-order valence-electron chi connectivity index (χ1n) is 5.48. The average molecular weight is 306 g/mol. The van der Waals surface area contributed by atoms with E-state index < -0.39 is 5.97 Å². The molecule has 2 N–H and O–H groups in total. The SMILES string of the molecule is O=C(O)/C=C/CNc1ccc2cc(Br)ccc2c1. The summed E-state index contributed by atoms with van der Waals surface area (Å²) >= 11 is 3.44. The number of fused-ring (bicyclic) bond motifs is 1. The van der Waals surface area contributed by atoms with Crippen LogP contribution in [0.1, 0.15) is 0 Å². The summed E-state index contributed by atoms with van der Waals surface area (Å²) in [5.41, 5.74) is 0.972. The Bertz CT molecular complexity index is 608. The van der Waals surface area contributed by atoms with Crippen LogP contribution in [0.4, 0.5) is 5.69 Å². The van der Waals surface area contributed by atoms with Crippen LogP contribution in [0.5, 0.6) is 0 Å². The molecule has 0 unspecified atom stereocenters. The first-order chi connectivity index (χ1) is 8.65. The molecule has 0 saturated heterocycles. The quantitative estimate of drug-likeness (QED) is 0.848. The number of anilines is 1. The van der Waals surface area contributed by atoms with Gasteiger partial charge in [-0.3, -0.25) is 0 Å². The third kappa shape index (κ3) is 3.34. The molecule has 0 fully saturated rings. The van der Waals surface area contributed by atoms with Gasteiger partial charge in [0, 0.05) is 22.8 Å². The van der Waals surface area contributed by atoms with Gasteiger partial charge in [0.2, 0.25) is 0 Å². The molecule has 92 valence electrons. The number of halogens is 1. The number of aliphatic carboxylic acids is 1. The summed E-state index contributed by atoms with van der Waals surface area (Å²) in [6, 6.07) is 12.1. The fourth-order valence-corrected chi connectivity index (χ4v) is 2.04. The molecular formula is C14H12BrNO2. The Hall–Kier alpha value is -1.81. The third-order valence-electron chi connectivity index (χ3n) is 2.49. The van der Waals surface area contributed by atoms with E-state index >= 15 is 0 Å². The first kappa shape index (κ1) is 12.6. The van der Waals surface area contributed by atoms with Crippen LogP contribution in [0.3, 0.4) is 0 Å². The summed E-state index contributed by atoms with van der Waals surface area (Å²) in [6.45, 7) is 0.494. The molecule has 0 bridgehead atoms. The molecule has 0 amide bonds. The number of carboxylic acids is 1. The topological polar surface area (TPSA) is 49.3 Å². The summed E-state index contributed by atoms with van der Waals surface area (Å²) in [6.07, 6.45) is 2.71. The Kier molecular flexibility index (Phi) is 3.99. The van der Waals surface area contributed by atoms with E-state index in [1.165, 1.54) is 0 Å². The van der Waals surface area contributed by atoms with E-state index in [-0.39, 0.29) is 0 Å². The highest BCUT2D eigenvalue weighted by atomic mass is 79.9. The number of hydrogen-bond acceptors (Lipinski definition) is 2. The van der Waals surface area contributed by atoms with Crippen molar-refractivity contribution in [3.8, 4) is 0 Å². The summed E-state index contributed by atoms with van der Waals surface area (Å²) < 4.78 is 1.06. The van der Waals surface area contributed by atoms with Gasteiger partial charge in [-0.15, -0.1) is 0 Å². The zero-order valence-corrected chi connectivity index (χ0v) is 11.1. The van der Waals surface area contributed by atoms with Crippen LogP contribution in [0, 0.1) is 0 Å². The molecule has 2 aromatic carbocycles. The van der Waals surface area contributed by atoms with Crippen molar-refractivity contribution in [3.63, 3.8) is 0 Å². The van der Waals surface area contributed by atoms with E-state index in [0.717, 1.165) is 27.0 Å². The smallest absolute Gasteiger partial charge is 0.328 e. The molecule has 0 aliphatic heterocycles. The molecule has 4 heteroatoms. The molecule has 0 radical (unpaired) electrons. The molecule has 0 aromatic heterocycles. The van der Waals surface area contributed by atoms with Crippen molar-refractivity contribution in [2.24, 2.45) is 0 Å². The van der Waals surface area contributed by atoms with Crippen molar-refractivity contribution < 1.29 is 9.90 Å². The second-order valence-electron chi connectivity index (χ2n) is 3.83. The second kappa shape index (κ2) is 5.69. The molecule has 2 rings (SSSR count). The lowest BCUT2D eigenvalue weighted by atomic mass is 10.1. The normalized spacial score (nSPS) is 10.9.